The number of nitrogens with zero attached hydrogens (tertiary/aromatic N) is 2. The van der Waals surface area contributed by atoms with E-state index < -0.39 is 0 Å². The second kappa shape index (κ2) is 5.74. The summed E-state index contributed by atoms with van der Waals surface area (Å²) in [5.74, 6) is 1.43. The lowest BCUT2D eigenvalue weighted by Gasteiger charge is -2.17. The molecule has 0 N–H and O–H groups in total. The standard InChI is InChI=1S/C14H18N2O2/c1-16-9-7-12(10-16)18-13-5-3-4-11(6-8-15)14(13)17-2/h3-5,12H,6-7,9-10H2,1-2H3. The van der Waals surface area contributed by atoms with Gasteiger partial charge in [-0.3, -0.25) is 0 Å². The van der Waals surface area contributed by atoms with Gasteiger partial charge < -0.3 is 14.4 Å². The largest absolute Gasteiger partial charge is 0.493 e. The highest BCUT2D eigenvalue weighted by atomic mass is 16.5. The molecular formula is C14H18N2O2. The molecule has 18 heavy (non-hydrogen) atoms. The summed E-state index contributed by atoms with van der Waals surface area (Å²) in [6.07, 6.45) is 1.58. The number of para-hydroxylation sites is 1. The summed E-state index contributed by atoms with van der Waals surface area (Å²) in [5.41, 5.74) is 0.879. The van der Waals surface area contributed by atoms with Crippen molar-refractivity contribution in [3.05, 3.63) is 23.8 Å². The molecule has 96 valence electrons. The van der Waals surface area contributed by atoms with Crippen LogP contribution in [0.4, 0.5) is 0 Å². The molecule has 1 heterocycles. The minimum Gasteiger partial charge on any atom is -0.493 e. The third kappa shape index (κ3) is 2.74. The highest BCUT2D eigenvalue weighted by molar-refractivity contribution is 5.47. The first kappa shape index (κ1) is 12.7. The van der Waals surface area contributed by atoms with Crippen LogP contribution < -0.4 is 9.47 Å². The Kier molecular flexibility index (Phi) is 4.06. The molecule has 0 bridgehead atoms. The summed E-state index contributed by atoms with van der Waals surface area (Å²) < 4.78 is 11.4. The van der Waals surface area contributed by atoms with Gasteiger partial charge >= 0.3 is 0 Å². The summed E-state index contributed by atoms with van der Waals surface area (Å²) in [5, 5.41) is 8.80. The topological polar surface area (TPSA) is 45.5 Å². The van der Waals surface area contributed by atoms with Crippen LogP contribution in [0.15, 0.2) is 18.2 Å². The van der Waals surface area contributed by atoms with Crippen molar-refractivity contribution >= 4 is 0 Å². The summed E-state index contributed by atoms with van der Waals surface area (Å²) in [6, 6.07) is 7.85. The Morgan fingerprint density at radius 1 is 1.50 bits per heavy atom. The van der Waals surface area contributed by atoms with Gasteiger partial charge in [0.2, 0.25) is 0 Å². The maximum Gasteiger partial charge on any atom is 0.164 e. The van der Waals surface area contributed by atoms with Crippen LogP contribution in [0.1, 0.15) is 12.0 Å². The molecule has 1 saturated heterocycles. The fourth-order valence-corrected chi connectivity index (χ4v) is 2.28. The van der Waals surface area contributed by atoms with Gasteiger partial charge in [-0.25, -0.2) is 0 Å². The normalized spacial score (nSPS) is 19.5. The highest BCUT2D eigenvalue weighted by Crippen LogP contribution is 2.33. The Balaban J connectivity index is 2.17. The maximum absolute atomic E-state index is 8.80. The van der Waals surface area contributed by atoms with Crippen LogP contribution in [-0.2, 0) is 6.42 Å². The first-order valence-electron chi connectivity index (χ1n) is 6.12. The molecule has 4 heteroatoms. The lowest BCUT2D eigenvalue weighted by atomic mass is 10.1. The third-order valence-electron chi connectivity index (χ3n) is 3.18. The maximum atomic E-state index is 8.80. The second-order valence-corrected chi connectivity index (χ2v) is 4.57. The van der Waals surface area contributed by atoms with Gasteiger partial charge in [-0.1, -0.05) is 12.1 Å². The Hall–Kier alpha value is -1.73. The Morgan fingerprint density at radius 3 is 2.94 bits per heavy atom. The Morgan fingerprint density at radius 2 is 2.33 bits per heavy atom. The van der Waals surface area contributed by atoms with Crippen molar-refractivity contribution in [2.45, 2.75) is 18.9 Å². The van der Waals surface area contributed by atoms with Crippen LogP contribution in [-0.4, -0.2) is 38.3 Å². The summed E-state index contributed by atoms with van der Waals surface area (Å²) in [4.78, 5) is 2.25. The van der Waals surface area contributed by atoms with E-state index in [9.17, 15) is 0 Å². The molecule has 0 saturated carbocycles. The number of likely N-dealkylation sites (N-methyl/N-ethyl adjacent to an activating group) is 1. The van der Waals surface area contributed by atoms with E-state index in [1.165, 1.54) is 0 Å². The number of ether oxygens (including phenoxy) is 2. The van der Waals surface area contributed by atoms with E-state index in [4.69, 9.17) is 14.7 Å². The predicted molar refractivity (Wildman–Crippen MR) is 68.8 cm³/mol. The number of nitriles is 1. The van der Waals surface area contributed by atoms with Crippen LogP contribution in [0.3, 0.4) is 0 Å². The average Bonchev–Trinajstić information content (AvgIpc) is 2.76. The van der Waals surface area contributed by atoms with Crippen molar-refractivity contribution < 1.29 is 9.47 Å². The van der Waals surface area contributed by atoms with Crippen molar-refractivity contribution in [3.63, 3.8) is 0 Å². The quantitative estimate of drug-likeness (QED) is 0.813. The molecule has 1 aromatic carbocycles. The number of benzene rings is 1. The van der Waals surface area contributed by atoms with Gasteiger partial charge in [-0.05, 0) is 19.5 Å². The Labute approximate surface area is 108 Å². The van der Waals surface area contributed by atoms with E-state index in [1.54, 1.807) is 7.11 Å². The van der Waals surface area contributed by atoms with E-state index in [0.717, 1.165) is 30.8 Å². The number of hydrogen-bond donors (Lipinski definition) is 0. The van der Waals surface area contributed by atoms with Crippen LogP contribution >= 0.6 is 0 Å². The number of hydrogen-bond acceptors (Lipinski definition) is 4. The fourth-order valence-electron chi connectivity index (χ4n) is 2.28. The zero-order valence-electron chi connectivity index (χ0n) is 10.8. The molecule has 4 nitrogen and oxygen atoms in total. The molecule has 0 amide bonds. The molecule has 0 aromatic heterocycles. The van der Waals surface area contributed by atoms with Crippen molar-refractivity contribution in [2.75, 3.05) is 27.2 Å². The lowest BCUT2D eigenvalue weighted by molar-refractivity contribution is 0.199. The Bertz CT molecular complexity index is 454. The third-order valence-corrected chi connectivity index (χ3v) is 3.18. The van der Waals surface area contributed by atoms with Crippen LogP contribution in [0.25, 0.3) is 0 Å². The first-order chi connectivity index (χ1) is 8.74. The number of rotatable bonds is 4. The van der Waals surface area contributed by atoms with Gasteiger partial charge in [0.25, 0.3) is 0 Å². The van der Waals surface area contributed by atoms with E-state index >= 15 is 0 Å². The van der Waals surface area contributed by atoms with E-state index in [1.807, 2.05) is 18.2 Å². The zero-order valence-corrected chi connectivity index (χ0v) is 10.8. The van der Waals surface area contributed by atoms with Crippen LogP contribution in [0, 0.1) is 11.3 Å². The molecule has 0 aliphatic carbocycles. The smallest absolute Gasteiger partial charge is 0.164 e. The lowest BCUT2D eigenvalue weighted by Crippen LogP contribution is -2.21. The number of methoxy groups -OCH3 is 1. The van der Waals surface area contributed by atoms with Crippen molar-refractivity contribution in [2.24, 2.45) is 0 Å². The average molecular weight is 246 g/mol. The van der Waals surface area contributed by atoms with Gasteiger partial charge in [-0.2, -0.15) is 5.26 Å². The van der Waals surface area contributed by atoms with Crippen LogP contribution in [0.2, 0.25) is 0 Å². The van der Waals surface area contributed by atoms with Crippen molar-refractivity contribution in [1.82, 2.24) is 4.90 Å². The highest BCUT2D eigenvalue weighted by Gasteiger charge is 2.22. The molecule has 1 aliphatic rings. The summed E-state index contributed by atoms with van der Waals surface area (Å²) in [6.45, 7) is 2.00. The molecule has 1 unspecified atom stereocenters. The van der Waals surface area contributed by atoms with E-state index in [0.29, 0.717) is 12.2 Å². The van der Waals surface area contributed by atoms with Crippen LogP contribution in [0.5, 0.6) is 11.5 Å². The molecule has 0 radical (unpaired) electrons. The molecular weight excluding hydrogens is 228 g/mol. The minimum absolute atomic E-state index is 0.209. The predicted octanol–water partition coefficient (Wildman–Crippen LogP) is 1.84. The van der Waals surface area contributed by atoms with Gasteiger partial charge in [0, 0.05) is 18.7 Å². The van der Waals surface area contributed by atoms with Gasteiger partial charge in [-0.15, -0.1) is 0 Å². The molecule has 2 rings (SSSR count). The molecule has 1 aromatic rings. The van der Waals surface area contributed by atoms with Gasteiger partial charge in [0.05, 0.1) is 19.6 Å². The zero-order chi connectivity index (χ0) is 13.0. The minimum atomic E-state index is 0.209. The van der Waals surface area contributed by atoms with Gasteiger partial charge in [0.1, 0.15) is 6.10 Å². The molecule has 1 atom stereocenters. The van der Waals surface area contributed by atoms with E-state index in [2.05, 4.69) is 18.0 Å². The second-order valence-electron chi connectivity index (χ2n) is 4.57. The first-order valence-corrected chi connectivity index (χ1v) is 6.12. The molecule has 0 spiro atoms. The monoisotopic (exact) mass is 246 g/mol. The summed E-state index contributed by atoms with van der Waals surface area (Å²) in [7, 11) is 3.70. The van der Waals surface area contributed by atoms with E-state index in [-0.39, 0.29) is 6.10 Å². The number of likely N-dealkylation sites (tertiary alicyclic amines) is 1. The molecule has 1 fully saturated rings. The van der Waals surface area contributed by atoms with Gasteiger partial charge in [0.15, 0.2) is 11.5 Å². The summed E-state index contributed by atoms with van der Waals surface area (Å²) >= 11 is 0. The fraction of sp³-hybridized carbons (Fsp3) is 0.500. The van der Waals surface area contributed by atoms with Crippen molar-refractivity contribution in [3.8, 4) is 17.6 Å². The SMILES string of the molecule is COc1c(CC#N)cccc1OC1CCN(C)C1. The van der Waals surface area contributed by atoms with Crippen molar-refractivity contribution in [1.29, 1.82) is 5.26 Å². The molecule has 1 aliphatic heterocycles.